The maximum atomic E-state index is 13.7. The molecule has 0 saturated carbocycles. The second-order valence-corrected chi connectivity index (χ2v) is 14.1. The molecule has 0 fully saturated rings. The SMILES string of the molecule is CC1=C(C)C([Si](C)(NC(C)(C)C)c2ccc(F)cc2)c2sc3ccccc3c21. The summed E-state index contributed by atoms with van der Waals surface area (Å²) >= 11 is 1.93. The normalized spacial score (nSPS) is 19.2. The average molecular weight is 410 g/mol. The molecule has 146 valence electrons. The Morgan fingerprint density at radius 2 is 1.64 bits per heavy atom. The highest BCUT2D eigenvalue weighted by Crippen LogP contribution is 2.52. The monoisotopic (exact) mass is 409 g/mol. The number of halogens is 1. The number of allylic oxidation sites excluding steroid dienone is 2. The molecule has 0 bridgehead atoms. The molecule has 4 heteroatoms. The van der Waals surface area contributed by atoms with Crippen LogP contribution in [-0.2, 0) is 0 Å². The molecule has 2 unspecified atom stereocenters. The third-order valence-corrected chi connectivity index (χ3v) is 12.1. The molecule has 0 radical (unpaired) electrons. The highest BCUT2D eigenvalue weighted by Gasteiger charge is 2.47. The molecular formula is C24H28FNSSi. The zero-order valence-corrected chi connectivity index (χ0v) is 19.3. The molecule has 1 nitrogen and oxygen atoms in total. The smallest absolute Gasteiger partial charge is 0.167 e. The minimum atomic E-state index is -2.23. The molecule has 1 aromatic heterocycles. The van der Waals surface area contributed by atoms with Crippen LogP contribution in [0.3, 0.4) is 0 Å². The summed E-state index contributed by atoms with van der Waals surface area (Å²) in [6.45, 7) is 13.7. The van der Waals surface area contributed by atoms with Crippen LogP contribution in [0.4, 0.5) is 4.39 Å². The van der Waals surface area contributed by atoms with Gasteiger partial charge in [0.1, 0.15) is 5.82 Å². The highest BCUT2D eigenvalue weighted by molar-refractivity contribution is 7.20. The van der Waals surface area contributed by atoms with E-state index in [9.17, 15) is 4.39 Å². The molecule has 1 aliphatic rings. The van der Waals surface area contributed by atoms with Gasteiger partial charge in [0, 0.05) is 26.0 Å². The van der Waals surface area contributed by atoms with Gasteiger partial charge < -0.3 is 4.98 Å². The van der Waals surface area contributed by atoms with Gasteiger partial charge in [-0.05, 0) is 69.1 Å². The van der Waals surface area contributed by atoms with Crippen LogP contribution in [-0.4, -0.2) is 13.8 Å². The van der Waals surface area contributed by atoms with E-state index in [2.05, 4.69) is 70.4 Å². The maximum Gasteiger partial charge on any atom is 0.167 e. The van der Waals surface area contributed by atoms with Crippen LogP contribution in [0.15, 0.2) is 54.1 Å². The van der Waals surface area contributed by atoms with Crippen LogP contribution in [0, 0.1) is 5.82 Å². The fourth-order valence-corrected chi connectivity index (χ4v) is 11.8. The third kappa shape index (κ3) is 3.08. The lowest BCUT2D eigenvalue weighted by Crippen LogP contribution is -2.67. The van der Waals surface area contributed by atoms with Gasteiger partial charge in [0.05, 0.1) is 0 Å². The van der Waals surface area contributed by atoms with Gasteiger partial charge in [-0.2, -0.15) is 0 Å². The zero-order valence-electron chi connectivity index (χ0n) is 17.5. The van der Waals surface area contributed by atoms with E-state index >= 15 is 0 Å². The van der Waals surface area contributed by atoms with Crippen molar-refractivity contribution in [2.24, 2.45) is 0 Å². The summed E-state index contributed by atoms with van der Waals surface area (Å²) in [7, 11) is -2.23. The quantitative estimate of drug-likeness (QED) is 0.498. The van der Waals surface area contributed by atoms with Crippen molar-refractivity contribution < 1.29 is 4.39 Å². The molecule has 1 heterocycles. The van der Waals surface area contributed by atoms with Gasteiger partial charge in [-0.1, -0.05) is 42.5 Å². The lowest BCUT2D eigenvalue weighted by Gasteiger charge is -2.41. The first-order valence-electron chi connectivity index (χ1n) is 9.86. The Labute approximate surface area is 172 Å². The van der Waals surface area contributed by atoms with Crippen molar-refractivity contribution >= 4 is 40.4 Å². The lowest BCUT2D eigenvalue weighted by atomic mass is 10.1. The van der Waals surface area contributed by atoms with E-state index < -0.39 is 8.24 Å². The molecule has 0 amide bonds. The van der Waals surface area contributed by atoms with Crippen molar-refractivity contribution in [3.05, 3.63) is 70.4 Å². The van der Waals surface area contributed by atoms with Crippen LogP contribution in [0.1, 0.15) is 50.6 Å². The predicted octanol–water partition coefficient (Wildman–Crippen LogP) is 6.34. The molecule has 28 heavy (non-hydrogen) atoms. The van der Waals surface area contributed by atoms with Crippen molar-refractivity contribution in [3.8, 4) is 0 Å². The molecule has 4 rings (SSSR count). The van der Waals surface area contributed by atoms with Gasteiger partial charge in [-0.15, -0.1) is 11.3 Å². The number of rotatable bonds is 3. The second-order valence-electron chi connectivity index (χ2n) is 9.16. The first-order valence-corrected chi connectivity index (χ1v) is 13.3. The van der Waals surface area contributed by atoms with Crippen LogP contribution in [0.5, 0.6) is 0 Å². The third-order valence-electron chi connectivity index (χ3n) is 5.94. The molecule has 0 aliphatic heterocycles. The Bertz CT molecular complexity index is 1070. The van der Waals surface area contributed by atoms with Gasteiger partial charge in [0.15, 0.2) is 8.24 Å². The Morgan fingerprint density at radius 3 is 2.29 bits per heavy atom. The molecule has 2 atom stereocenters. The van der Waals surface area contributed by atoms with E-state index in [-0.39, 0.29) is 11.4 Å². The fraction of sp³-hybridized carbons (Fsp3) is 0.333. The Morgan fingerprint density at radius 1 is 1.00 bits per heavy atom. The molecule has 1 aliphatic carbocycles. The molecule has 0 spiro atoms. The van der Waals surface area contributed by atoms with Crippen molar-refractivity contribution in [3.63, 3.8) is 0 Å². The van der Waals surface area contributed by atoms with Crippen molar-refractivity contribution in [2.45, 2.75) is 52.2 Å². The van der Waals surface area contributed by atoms with Gasteiger partial charge in [-0.25, -0.2) is 4.39 Å². The summed E-state index contributed by atoms with van der Waals surface area (Å²) in [5.74, 6) is -0.173. The standard InChI is InChI=1S/C24H28FNSSi/c1-15-16(2)23(22-21(15)19-9-7-8-10-20(19)27-22)28(6,26-24(3,4)5)18-13-11-17(25)12-14-18/h7-14,23,26H,1-6H3. The van der Waals surface area contributed by atoms with Gasteiger partial charge in [0.25, 0.3) is 0 Å². The van der Waals surface area contributed by atoms with E-state index in [1.807, 2.05) is 23.5 Å². The minimum absolute atomic E-state index is 0.0248. The van der Waals surface area contributed by atoms with Gasteiger partial charge >= 0.3 is 0 Å². The summed E-state index contributed by atoms with van der Waals surface area (Å²) in [6, 6.07) is 15.9. The second kappa shape index (κ2) is 6.65. The summed E-state index contributed by atoms with van der Waals surface area (Å²) in [5.41, 5.74) is 4.63. The van der Waals surface area contributed by atoms with E-state index in [0.717, 1.165) is 0 Å². The van der Waals surface area contributed by atoms with Crippen LogP contribution in [0.25, 0.3) is 15.7 Å². The van der Waals surface area contributed by atoms with Crippen molar-refractivity contribution in [2.75, 3.05) is 0 Å². The van der Waals surface area contributed by atoms with Crippen molar-refractivity contribution in [1.29, 1.82) is 0 Å². The summed E-state index contributed by atoms with van der Waals surface area (Å²) < 4.78 is 15.1. The number of benzene rings is 2. The molecular weight excluding hydrogens is 381 g/mol. The topological polar surface area (TPSA) is 12.0 Å². The van der Waals surface area contributed by atoms with Gasteiger partial charge in [-0.3, -0.25) is 0 Å². The maximum absolute atomic E-state index is 13.7. The largest absolute Gasteiger partial charge is 0.329 e. The number of thiophene rings is 1. The average Bonchev–Trinajstić information content (AvgIpc) is 3.09. The van der Waals surface area contributed by atoms with Crippen molar-refractivity contribution in [1.82, 2.24) is 4.98 Å². The fourth-order valence-electron chi connectivity index (χ4n) is 4.85. The number of fused-ring (bicyclic) bond motifs is 3. The number of hydrogen-bond acceptors (Lipinski definition) is 2. The molecule has 2 aromatic carbocycles. The number of nitrogens with one attached hydrogen (secondary N) is 1. The Hall–Kier alpha value is -1.75. The minimum Gasteiger partial charge on any atom is -0.329 e. The first-order chi connectivity index (χ1) is 13.1. The van der Waals surface area contributed by atoms with E-state index in [4.69, 9.17) is 0 Å². The molecule has 0 saturated heterocycles. The summed E-state index contributed by atoms with van der Waals surface area (Å²) in [4.78, 5) is 5.51. The van der Waals surface area contributed by atoms with E-state index in [0.29, 0.717) is 5.54 Å². The Balaban J connectivity index is 1.96. The number of hydrogen-bond donors (Lipinski definition) is 1. The van der Waals surface area contributed by atoms with E-state index in [1.165, 1.54) is 36.9 Å². The molecule has 1 N–H and O–H groups in total. The zero-order chi connectivity index (χ0) is 20.3. The summed E-state index contributed by atoms with van der Waals surface area (Å²) in [6.07, 6.45) is 0. The lowest BCUT2D eigenvalue weighted by molar-refractivity contribution is 0.510. The first kappa shape index (κ1) is 19.6. The predicted molar refractivity (Wildman–Crippen MR) is 123 cm³/mol. The Kier molecular flexibility index (Phi) is 4.64. The van der Waals surface area contributed by atoms with Crippen LogP contribution < -0.4 is 10.2 Å². The summed E-state index contributed by atoms with van der Waals surface area (Å²) in [5, 5.41) is 2.62. The molecule has 3 aromatic rings. The van der Waals surface area contributed by atoms with Crippen LogP contribution in [0.2, 0.25) is 6.55 Å². The van der Waals surface area contributed by atoms with E-state index in [1.54, 1.807) is 12.1 Å². The highest BCUT2D eigenvalue weighted by atomic mass is 32.1. The van der Waals surface area contributed by atoms with Crippen LogP contribution >= 0.6 is 11.3 Å². The van der Waals surface area contributed by atoms with Gasteiger partial charge in [0.2, 0.25) is 0 Å².